The topological polar surface area (TPSA) is 9.23 Å². The van der Waals surface area contributed by atoms with Gasteiger partial charge in [-0.25, -0.2) is 0 Å². The van der Waals surface area contributed by atoms with Crippen molar-refractivity contribution in [2.75, 3.05) is 7.11 Å². The number of unbranched alkanes of at least 4 members (excludes halogenated alkanes) is 1. The Bertz CT molecular complexity index is 582. The van der Waals surface area contributed by atoms with Gasteiger partial charge in [0, 0.05) is 5.03 Å². The van der Waals surface area contributed by atoms with Crippen LogP contribution in [0.5, 0.6) is 5.75 Å². The predicted molar refractivity (Wildman–Crippen MR) is 91.8 cm³/mol. The minimum absolute atomic E-state index is 0.752. The van der Waals surface area contributed by atoms with E-state index in [4.69, 9.17) is 16.3 Å². The fourth-order valence-electron chi connectivity index (χ4n) is 2.14. The van der Waals surface area contributed by atoms with Gasteiger partial charge in [0.05, 0.1) is 7.11 Å². The Balaban J connectivity index is 2.10. The van der Waals surface area contributed by atoms with E-state index in [1.807, 2.05) is 30.3 Å². The number of hydrogen-bond acceptors (Lipinski definition) is 1. The second-order valence-electron chi connectivity index (χ2n) is 5.07. The fourth-order valence-corrected chi connectivity index (χ4v) is 2.39. The van der Waals surface area contributed by atoms with E-state index in [1.54, 1.807) is 7.11 Å². The van der Waals surface area contributed by atoms with Crippen molar-refractivity contribution in [1.82, 2.24) is 0 Å². The van der Waals surface area contributed by atoms with Crippen molar-refractivity contribution < 1.29 is 4.74 Å². The van der Waals surface area contributed by atoms with Crippen molar-refractivity contribution in [1.29, 1.82) is 0 Å². The number of rotatable bonds is 6. The van der Waals surface area contributed by atoms with Gasteiger partial charge in [0.15, 0.2) is 0 Å². The van der Waals surface area contributed by atoms with Gasteiger partial charge >= 0.3 is 0 Å². The molecule has 110 valence electrons. The third kappa shape index (κ3) is 4.64. The molecule has 1 nitrogen and oxygen atoms in total. The molecule has 2 aromatic rings. The third-order valence-electron chi connectivity index (χ3n) is 3.46. The molecule has 0 aliphatic rings. The molecule has 0 amide bonds. The van der Waals surface area contributed by atoms with Crippen LogP contribution in [0.4, 0.5) is 0 Å². The van der Waals surface area contributed by atoms with Crippen molar-refractivity contribution in [3.05, 3.63) is 65.2 Å². The first-order valence-corrected chi connectivity index (χ1v) is 7.71. The monoisotopic (exact) mass is 300 g/mol. The highest BCUT2D eigenvalue weighted by atomic mass is 35.5. The molecule has 0 N–H and O–H groups in total. The molecule has 0 saturated heterocycles. The standard InChI is InChI=1S/C19H21ClO/c1-3-4-5-15-6-10-17(11-7-15)19(20)14-16-8-12-18(21-2)13-9-16/h6-14H,3-5H2,1-2H3/b19-14-. The Kier molecular flexibility index (Phi) is 5.89. The van der Waals surface area contributed by atoms with Gasteiger partial charge in [-0.1, -0.05) is 61.3 Å². The van der Waals surface area contributed by atoms with Crippen molar-refractivity contribution in [3.63, 3.8) is 0 Å². The number of aryl methyl sites for hydroxylation is 1. The maximum Gasteiger partial charge on any atom is 0.118 e. The second kappa shape index (κ2) is 7.90. The van der Waals surface area contributed by atoms with E-state index in [1.165, 1.54) is 18.4 Å². The van der Waals surface area contributed by atoms with Gasteiger partial charge in [0.1, 0.15) is 5.75 Å². The lowest BCUT2D eigenvalue weighted by Gasteiger charge is -2.04. The van der Waals surface area contributed by atoms with Gasteiger partial charge in [-0.3, -0.25) is 0 Å². The molecule has 0 atom stereocenters. The summed E-state index contributed by atoms with van der Waals surface area (Å²) in [5.74, 6) is 0.851. The molecular weight excluding hydrogens is 280 g/mol. The average Bonchev–Trinajstić information content (AvgIpc) is 2.54. The minimum Gasteiger partial charge on any atom is -0.497 e. The van der Waals surface area contributed by atoms with Crippen LogP contribution in [0.25, 0.3) is 11.1 Å². The van der Waals surface area contributed by atoms with E-state index in [2.05, 4.69) is 31.2 Å². The Morgan fingerprint density at radius 1 is 1.05 bits per heavy atom. The summed E-state index contributed by atoms with van der Waals surface area (Å²) < 4.78 is 5.15. The minimum atomic E-state index is 0.752. The number of benzene rings is 2. The summed E-state index contributed by atoms with van der Waals surface area (Å²) in [7, 11) is 1.66. The molecule has 0 spiro atoms. The molecule has 0 radical (unpaired) electrons. The number of halogens is 1. The average molecular weight is 301 g/mol. The summed E-state index contributed by atoms with van der Waals surface area (Å²) >= 11 is 6.40. The third-order valence-corrected chi connectivity index (χ3v) is 3.79. The Hall–Kier alpha value is -1.73. The number of hydrogen-bond donors (Lipinski definition) is 0. The van der Waals surface area contributed by atoms with Crippen LogP contribution in [-0.2, 0) is 6.42 Å². The van der Waals surface area contributed by atoms with Gasteiger partial charge in [-0.05, 0) is 47.7 Å². The van der Waals surface area contributed by atoms with Crippen molar-refractivity contribution in [2.24, 2.45) is 0 Å². The Labute approximate surface area is 132 Å². The summed E-state index contributed by atoms with van der Waals surface area (Å²) in [4.78, 5) is 0. The lowest BCUT2D eigenvalue weighted by Crippen LogP contribution is -1.86. The zero-order valence-electron chi connectivity index (χ0n) is 12.6. The zero-order chi connectivity index (χ0) is 15.1. The summed E-state index contributed by atoms with van der Waals surface area (Å²) in [6, 6.07) is 16.4. The van der Waals surface area contributed by atoms with E-state index in [-0.39, 0.29) is 0 Å². The molecule has 0 aromatic heterocycles. The molecule has 2 aromatic carbocycles. The first kappa shape index (κ1) is 15.7. The van der Waals surface area contributed by atoms with Crippen molar-refractivity contribution in [2.45, 2.75) is 26.2 Å². The van der Waals surface area contributed by atoms with E-state index in [0.717, 1.165) is 28.3 Å². The van der Waals surface area contributed by atoms with Crippen LogP contribution in [0.3, 0.4) is 0 Å². The summed E-state index contributed by atoms with van der Waals surface area (Å²) in [5.41, 5.74) is 3.48. The van der Waals surface area contributed by atoms with Crippen LogP contribution in [0.15, 0.2) is 48.5 Å². The lowest BCUT2D eigenvalue weighted by molar-refractivity contribution is 0.415. The number of methoxy groups -OCH3 is 1. The molecule has 0 heterocycles. The van der Waals surface area contributed by atoms with E-state index < -0.39 is 0 Å². The van der Waals surface area contributed by atoms with Crippen LogP contribution in [-0.4, -0.2) is 7.11 Å². The molecular formula is C19H21ClO. The molecule has 0 fully saturated rings. The molecule has 0 saturated carbocycles. The fraction of sp³-hybridized carbons (Fsp3) is 0.263. The SMILES string of the molecule is CCCCc1ccc(/C(Cl)=C/c2ccc(OC)cc2)cc1. The van der Waals surface area contributed by atoms with Gasteiger partial charge in [0.2, 0.25) is 0 Å². The highest BCUT2D eigenvalue weighted by Crippen LogP contribution is 2.24. The van der Waals surface area contributed by atoms with Gasteiger partial charge < -0.3 is 4.74 Å². The van der Waals surface area contributed by atoms with Gasteiger partial charge in [-0.15, -0.1) is 0 Å². The predicted octanol–water partition coefficient (Wildman–Crippen LogP) is 5.77. The van der Waals surface area contributed by atoms with Crippen LogP contribution in [0.1, 0.15) is 36.5 Å². The highest BCUT2D eigenvalue weighted by molar-refractivity contribution is 6.51. The van der Waals surface area contributed by atoms with Gasteiger partial charge in [-0.2, -0.15) is 0 Å². The summed E-state index contributed by atoms with van der Waals surface area (Å²) in [5, 5.41) is 0.752. The zero-order valence-corrected chi connectivity index (χ0v) is 13.4. The smallest absolute Gasteiger partial charge is 0.118 e. The largest absolute Gasteiger partial charge is 0.497 e. The molecule has 0 bridgehead atoms. The van der Waals surface area contributed by atoms with Crippen molar-refractivity contribution >= 4 is 22.7 Å². The summed E-state index contributed by atoms with van der Waals surface area (Å²) in [6.07, 6.45) is 5.56. The first-order chi connectivity index (χ1) is 10.2. The molecule has 0 unspecified atom stereocenters. The van der Waals surface area contributed by atoms with Crippen LogP contribution >= 0.6 is 11.6 Å². The Morgan fingerprint density at radius 3 is 2.29 bits per heavy atom. The molecule has 0 aliphatic heterocycles. The molecule has 21 heavy (non-hydrogen) atoms. The lowest BCUT2D eigenvalue weighted by atomic mass is 10.1. The van der Waals surface area contributed by atoms with E-state index in [0.29, 0.717) is 0 Å². The van der Waals surface area contributed by atoms with Gasteiger partial charge in [0.25, 0.3) is 0 Å². The van der Waals surface area contributed by atoms with E-state index in [9.17, 15) is 0 Å². The molecule has 0 aliphatic carbocycles. The second-order valence-corrected chi connectivity index (χ2v) is 5.47. The van der Waals surface area contributed by atoms with Crippen LogP contribution in [0.2, 0.25) is 0 Å². The Morgan fingerprint density at radius 2 is 1.71 bits per heavy atom. The maximum absolute atomic E-state index is 6.40. The van der Waals surface area contributed by atoms with Crippen molar-refractivity contribution in [3.8, 4) is 5.75 Å². The highest BCUT2D eigenvalue weighted by Gasteiger charge is 2.00. The first-order valence-electron chi connectivity index (χ1n) is 7.33. The molecule has 2 rings (SSSR count). The quantitative estimate of drug-likeness (QED) is 0.615. The summed E-state index contributed by atoms with van der Waals surface area (Å²) in [6.45, 7) is 2.21. The van der Waals surface area contributed by atoms with Crippen LogP contribution < -0.4 is 4.74 Å². The normalized spacial score (nSPS) is 11.5. The molecule has 2 heteroatoms. The maximum atomic E-state index is 6.40. The van der Waals surface area contributed by atoms with Crippen LogP contribution in [0, 0.1) is 0 Å². The number of ether oxygens (including phenoxy) is 1. The van der Waals surface area contributed by atoms with E-state index >= 15 is 0 Å².